The predicted octanol–water partition coefficient (Wildman–Crippen LogP) is -0.182. The number of hydrogen-bond acceptors (Lipinski definition) is 12. The molecule has 4 rings (SSSR count). The van der Waals surface area contributed by atoms with E-state index >= 15 is 0 Å². The standard InChI is InChI=1S/C17H16N6O7S4/c18-16-23(30)7(5-32-16)1-8(24)19-11-13(27)22-12(15(28)29)6(3-31-14(11)22)4-33-17-21-20-9(34-17)2-10(25)26/h5,11,14,18,30H,1-4H2,(H,19,24)(H,25,26)(H,28,29)/t11?,14-/m1/s1. The van der Waals surface area contributed by atoms with Crippen molar-refractivity contribution in [3.05, 3.63) is 32.2 Å². The number of aromatic nitrogens is 3. The lowest BCUT2D eigenvalue weighted by atomic mass is 10.0. The molecule has 1 unspecified atom stereocenters. The molecule has 2 aromatic heterocycles. The molecule has 0 aromatic carbocycles. The van der Waals surface area contributed by atoms with Crippen LogP contribution in [0.5, 0.6) is 0 Å². The van der Waals surface area contributed by atoms with Crippen LogP contribution in [0.1, 0.15) is 10.7 Å². The van der Waals surface area contributed by atoms with Gasteiger partial charge in [0.25, 0.3) is 5.91 Å². The number of nitrogens with zero attached hydrogens (tertiary/aromatic N) is 4. The van der Waals surface area contributed by atoms with Crippen LogP contribution in [-0.4, -0.2) is 81.9 Å². The van der Waals surface area contributed by atoms with E-state index in [0.29, 0.717) is 25.4 Å². The number of carbonyl (C=O) groups is 4. The maximum absolute atomic E-state index is 12.7. The molecule has 34 heavy (non-hydrogen) atoms. The van der Waals surface area contributed by atoms with Crippen LogP contribution < -0.4 is 10.1 Å². The van der Waals surface area contributed by atoms with Gasteiger partial charge in [-0.3, -0.25) is 24.7 Å². The van der Waals surface area contributed by atoms with E-state index in [4.69, 9.17) is 10.5 Å². The molecule has 1 saturated heterocycles. The van der Waals surface area contributed by atoms with Crippen molar-refractivity contribution in [3.63, 3.8) is 0 Å². The van der Waals surface area contributed by atoms with Gasteiger partial charge in [-0.15, -0.1) is 33.3 Å². The molecule has 2 aliphatic heterocycles. The van der Waals surface area contributed by atoms with Crippen molar-refractivity contribution in [1.82, 2.24) is 25.1 Å². The molecule has 0 aliphatic carbocycles. The summed E-state index contributed by atoms with van der Waals surface area (Å²) < 4.78 is 1.08. The zero-order valence-corrected chi connectivity index (χ0v) is 20.2. The predicted molar refractivity (Wildman–Crippen MR) is 121 cm³/mol. The summed E-state index contributed by atoms with van der Waals surface area (Å²) in [5.74, 6) is -2.81. The number of hydrogen-bond donors (Lipinski definition) is 5. The van der Waals surface area contributed by atoms with Gasteiger partial charge in [0.1, 0.15) is 22.1 Å². The van der Waals surface area contributed by atoms with E-state index in [1.165, 1.54) is 28.9 Å². The first-order chi connectivity index (χ1) is 16.2. The van der Waals surface area contributed by atoms with Crippen molar-refractivity contribution in [2.75, 3.05) is 11.5 Å². The first-order valence-electron chi connectivity index (χ1n) is 9.45. The van der Waals surface area contributed by atoms with E-state index in [-0.39, 0.29) is 34.8 Å². The summed E-state index contributed by atoms with van der Waals surface area (Å²) in [4.78, 5) is 48.8. The first-order valence-corrected chi connectivity index (χ1v) is 13.2. The van der Waals surface area contributed by atoms with Crippen molar-refractivity contribution in [1.29, 1.82) is 5.41 Å². The molecule has 0 spiro atoms. The minimum atomic E-state index is -1.26. The van der Waals surface area contributed by atoms with Crippen LogP contribution in [0.4, 0.5) is 0 Å². The second-order valence-corrected chi connectivity index (χ2v) is 11.3. The Morgan fingerprint density at radius 2 is 2.03 bits per heavy atom. The highest BCUT2D eigenvalue weighted by molar-refractivity contribution is 8.01. The number of aliphatic carboxylic acids is 2. The number of thioether (sulfide) groups is 2. The number of amides is 2. The van der Waals surface area contributed by atoms with Crippen molar-refractivity contribution in [2.24, 2.45) is 0 Å². The average Bonchev–Trinajstić information content (AvgIpc) is 3.35. The summed E-state index contributed by atoms with van der Waals surface area (Å²) in [5.41, 5.74) is 0.586. The van der Waals surface area contributed by atoms with Gasteiger partial charge in [-0.25, -0.2) is 4.79 Å². The van der Waals surface area contributed by atoms with Crippen LogP contribution in [0.25, 0.3) is 0 Å². The summed E-state index contributed by atoms with van der Waals surface area (Å²) in [6.45, 7) is 0. The fourth-order valence-electron chi connectivity index (χ4n) is 3.30. The molecule has 0 saturated carbocycles. The number of rotatable bonds is 9. The van der Waals surface area contributed by atoms with E-state index in [0.717, 1.165) is 27.6 Å². The molecule has 2 aromatic rings. The van der Waals surface area contributed by atoms with Gasteiger partial charge in [0.2, 0.25) is 10.7 Å². The molecular weight excluding hydrogens is 528 g/mol. The Hall–Kier alpha value is -2.89. The first kappa shape index (κ1) is 24.2. The second kappa shape index (κ2) is 9.77. The third-order valence-corrected chi connectivity index (χ3v) is 9.07. The molecule has 4 heterocycles. The molecular formula is C17H16N6O7S4. The zero-order valence-electron chi connectivity index (χ0n) is 17.0. The van der Waals surface area contributed by atoms with Gasteiger partial charge in [-0.1, -0.05) is 23.1 Å². The molecule has 0 bridgehead atoms. The van der Waals surface area contributed by atoms with Gasteiger partial charge < -0.3 is 20.7 Å². The SMILES string of the molecule is N=c1scc(CC(=O)NC2C(=O)N3C(C(=O)O)=C(CSc4nnc(CC(=O)O)s4)CS[C@H]23)n1O. The van der Waals surface area contributed by atoms with Crippen molar-refractivity contribution >= 4 is 70.0 Å². The smallest absolute Gasteiger partial charge is 0.352 e. The van der Waals surface area contributed by atoms with Gasteiger partial charge in [0.15, 0.2) is 4.34 Å². The summed E-state index contributed by atoms with van der Waals surface area (Å²) >= 11 is 4.60. The van der Waals surface area contributed by atoms with E-state index in [1.807, 2.05) is 0 Å². The van der Waals surface area contributed by atoms with E-state index in [1.54, 1.807) is 0 Å². The lowest BCUT2D eigenvalue weighted by molar-refractivity contribution is -0.150. The third kappa shape index (κ3) is 4.82. The van der Waals surface area contributed by atoms with Crippen LogP contribution in [0.2, 0.25) is 0 Å². The molecule has 13 nitrogen and oxygen atoms in total. The van der Waals surface area contributed by atoms with Crippen molar-refractivity contribution in [2.45, 2.75) is 28.6 Å². The number of carboxylic acid groups (broad SMARTS) is 2. The van der Waals surface area contributed by atoms with Gasteiger partial charge in [0, 0.05) is 16.9 Å². The van der Waals surface area contributed by atoms with E-state index in [9.17, 15) is 29.5 Å². The van der Waals surface area contributed by atoms with Gasteiger partial charge in [0.05, 0.1) is 18.5 Å². The van der Waals surface area contributed by atoms with Crippen LogP contribution in [-0.2, 0) is 32.0 Å². The monoisotopic (exact) mass is 544 g/mol. The zero-order chi connectivity index (χ0) is 24.6. The Morgan fingerprint density at radius 1 is 1.26 bits per heavy atom. The number of carboxylic acids is 2. The van der Waals surface area contributed by atoms with Crippen LogP contribution in [0, 0.1) is 5.41 Å². The second-order valence-electron chi connectivity index (χ2n) is 7.05. The molecule has 0 radical (unpaired) electrons. The number of thiazole rings is 1. The largest absolute Gasteiger partial charge is 0.481 e. The normalized spacial score (nSPS) is 19.5. The summed E-state index contributed by atoms with van der Waals surface area (Å²) in [6.07, 6.45) is -0.481. The highest BCUT2D eigenvalue weighted by atomic mass is 32.2. The average molecular weight is 545 g/mol. The lowest BCUT2D eigenvalue weighted by Crippen LogP contribution is -2.70. The fourth-order valence-corrected chi connectivity index (χ4v) is 7.32. The Morgan fingerprint density at radius 3 is 2.68 bits per heavy atom. The molecule has 2 amide bonds. The lowest BCUT2D eigenvalue weighted by Gasteiger charge is -2.49. The number of fused-ring (bicyclic) bond motifs is 1. The maximum atomic E-state index is 12.7. The maximum Gasteiger partial charge on any atom is 0.352 e. The van der Waals surface area contributed by atoms with Gasteiger partial charge >= 0.3 is 11.9 Å². The number of nitrogens with one attached hydrogen (secondary N) is 2. The van der Waals surface area contributed by atoms with Crippen LogP contribution >= 0.6 is 46.2 Å². The fraction of sp³-hybridized carbons (Fsp3) is 0.353. The highest BCUT2D eigenvalue weighted by Crippen LogP contribution is 2.41. The summed E-state index contributed by atoms with van der Waals surface area (Å²) in [6, 6.07) is -0.899. The Kier molecular flexibility index (Phi) is 6.96. The van der Waals surface area contributed by atoms with Crippen molar-refractivity contribution in [3.8, 4) is 0 Å². The molecule has 17 heteroatoms. The van der Waals surface area contributed by atoms with Gasteiger partial charge in [-0.05, 0) is 5.57 Å². The third-order valence-electron chi connectivity index (χ3n) is 4.80. The van der Waals surface area contributed by atoms with Gasteiger partial charge in [-0.2, -0.15) is 4.73 Å². The molecule has 5 N–H and O–H groups in total. The van der Waals surface area contributed by atoms with Crippen molar-refractivity contribution < 1.29 is 34.6 Å². The Balaban J connectivity index is 1.41. The number of carbonyl (C=O) groups excluding carboxylic acids is 2. The highest BCUT2D eigenvalue weighted by Gasteiger charge is 2.54. The van der Waals surface area contributed by atoms with Crippen LogP contribution in [0.15, 0.2) is 21.0 Å². The number of β-lactam (4-membered cyclic amide) rings is 1. The Bertz CT molecular complexity index is 1270. The molecule has 2 aliphatic rings. The van der Waals surface area contributed by atoms with E-state index < -0.39 is 35.2 Å². The molecule has 1 fully saturated rings. The minimum Gasteiger partial charge on any atom is -0.481 e. The summed E-state index contributed by atoms with van der Waals surface area (Å²) in [7, 11) is 0. The van der Waals surface area contributed by atoms with E-state index in [2.05, 4.69) is 15.5 Å². The van der Waals surface area contributed by atoms with Crippen LogP contribution in [0.3, 0.4) is 0 Å². The minimum absolute atomic E-state index is 0.132. The molecule has 2 atom stereocenters. The Labute approximate surface area is 207 Å². The quantitative estimate of drug-likeness (QED) is 0.159. The molecule has 180 valence electrons. The topological polar surface area (TPSA) is 199 Å². The summed E-state index contributed by atoms with van der Waals surface area (Å²) in [5, 5.41) is 47.3.